The molecule has 0 bridgehead atoms. The number of nitrogens with one attached hydrogen (secondary N) is 1. The highest BCUT2D eigenvalue weighted by molar-refractivity contribution is 7.88. The SMILES string of the molecule is CC1(C)O[C@H](c2ccc(-c3ccc(CNS(C)(=O)=O)nc3)cc2)[C@](CF)(C(C)(C)C)N1C(=O)O. The van der Waals surface area contributed by atoms with Gasteiger partial charge in [-0.3, -0.25) is 9.88 Å². The van der Waals surface area contributed by atoms with Crippen LogP contribution in [0.1, 0.15) is 52.0 Å². The Kier molecular flexibility index (Phi) is 6.82. The van der Waals surface area contributed by atoms with Crippen molar-refractivity contribution in [2.45, 2.75) is 58.5 Å². The molecule has 2 atom stereocenters. The Labute approximate surface area is 200 Å². The van der Waals surface area contributed by atoms with Gasteiger partial charge in [0.1, 0.15) is 24.0 Å². The maximum absolute atomic E-state index is 14.8. The van der Waals surface area contributed by atoms with Crippen LogP contribution in [0, 0.1) is 5.41 Å². The topological polar surface area (TPSA) is 109 Å². The van der Waals surface area contributed by atoms with Crippen LogP contribution in [0.5, 0.6) is 0 Å². The molecule has 1 saturated heterocycles. The molecule has 0 spiro atoms. The lowest BCUT2D eigenvalue weighted by molar-refractivity contribution is -0.0696. The highest BCUT2D eigenvalue weighted by Gasteiger charge is 2.66. The lowest BCUT2D eigenvalue weighted by atomic mass is 9.68. The van der Waals surface area contributed by atoms with Gasteiger partial charge in [-0.25, -0.2) is 22.3 Å². The predicted octanol–water partition coefficient (Wildman–Crippen LogP) is 4.34. The van der Waals surface area contributed by atoms with Crippen molar-refractivity contribution in [3.05, 3.63) is 53.9 Å². The molecule has 1 aliphatic heterocycles. The van der Waals surface area contributed by atoms with Gasteiger partial charge in [-0.05, 0) is 36.5 Å². The predicted molar refractivity (Wildman–Crippen MR) is 127 cm³/mol. The number of carboxylic acid groups (broad SMARTS) is 1. The van der Waals surface area contributed by atoms with E-state index in [0.717, 1.165) is 22.3 Å². The average molecular weight is 494 g/mol. The van der Waals surface area contributed by atoms with Gasteiger partial charge >= 0.3 is 6.09 Å². The molecular formula is C24H32FN3O5S. The summed E-state index contributed by atoms with van der Waals surface area (Å²) in [6.45, 7) is 7.94. The fraction of sp³-hybridized carbons (Fsp3) is 0.500. The van der Waals surface area contributed by atoms with Crippen LogP contribution >= 0.6 is 0 Å². The highest BCUT2D eigenvalue weighted by Crippen LogP contribution is 2.56. The molecule has 34 heavy (non-hydrogen) atoms. The van der Waals surface area contributed by atoms with Gasteiger partial charge in [0, 0.05) is 11.8 Å². The molecule has 1 aromatic heterocycles. The number of rotatable bonds is 6. The van der Waals surface area contributed by atoms with Crippen LogP contribution in [0.25, 0.3) is 11.1 Å². The summed E-state index contributed by atoms with van der Waals surface area (Å²) >= 11 is 0. The minimum Gasteiger partial charge on any atom is -0.465 e. The fourth-order valence-electron chi connectivity index (χ4n) is 4.60. The first-order chi connectivity index (χ1) is 15.6. The molecular weight excluding hydrogens is 461 g/mol. The van der Waals surface area contributed by atoms with Crippen molar-refractivity contribution in [1.82, 2.24) is 14.6 Å². The molecule has 0 saturated carbocycles. The number of nitrogens with zero attached hydrogens (tertiary/aromatic N) is 2. The summed E-state index contributed by atoms with van der Waals surface area (Å²) in [6, 6.07) is 10.9. The molecule has 0 radical (unpaired) electrons. The first kappa shape index (κ1) is 26.1. The second-order valence-electron chi connectivity index (χ2n) is 10.1. The molecule has 3 rings (SSSR count). The number of pyridine rings is 1. The van der Waals surface area contributed by atoms with E-state index < -0.39 is 45.6 Å². The largest absolute Gasteiger partial charge is 0.465 e. The van der Waals surface area contributed by atoms with E-state index in [1.807, 2.05) is 51.1 Å². The van der Waals surface area contributed by atoms with Crippen molar-refractivity contribution in [3.8, 4) is 11.1 Å². The van der Waals surface area contributed by atoms with E-state index in [0.29, 0.717) is 11.3 Å². The second kappa shape index (κ2) is 8.90. The molecule has 2 aromatic rings. The van der Waals surface area contributed by atoms with Gasteiger partial charge in [0.15, 0.2) is 0 Å². The smallest absolute Gasteiger partial charge is 0.410 e. The number of ether oxygens (including phenoxy) is 1. The van der Waals surface area contributed by atoms with Crippen LogP contribution < -0.4 is 4.72 Å². The van der Waals surface area contributed by atoms with Crippen molar-refractivity contribution in [3.63, 3.8) is 0 Å². The van der Waals surface area contributed by atoms with E-state index >= 15 is 0 Å². The first-order valence-electron chi connectivity index (χ1n) is 10.9. The summed E-state index contributed by atoms with van der Waals surface area (Å²) in [7, 11) is -3.31. The van der Waals surface area contributed by atoms with Gasteiger partial charge in [0.25, 0.3) is 0 Å². The summed E-state index contributed by atoms with van der Waals surface area (Å²) in [5.74, 6) is 0. The maximum atomic E-state index is 14.8. The molecule has 2 N–H and O–H groups in total. The van der Waals surface area contributed by atoms with Crippen molar-refractivity contribution in [1.29, 1.82) is 0 Å². The normalized spacial score (nSPS) is 22.7. The Morgan fingerprint density at radius 1 is 1.18 bits per heavy atom. The maximum Gasteiger partial charge on any atom is 0.410 e. The minimum atomic E-state index is -3.31. The minimum absolute atomic E-state index is 0.102. The number of sulfonamides is 1. The lowest BCUT2D eigenvalue weighted by Crippen LogP contribution is -2.63. The number of hydrogen-bond donors (Lipinski definition) is 2. The number of hydrogen-bond acceptors (Lipinski definition) is 5. The summed E-state index contributed by atoms with van der Waals surface area (Å²) in [4.78, 5) is 17.6. The first-order valence-corrected chi connectivity index (χ1v) is 12.8. The van der Waals surface area contributed by atoms with Gasteiger partial charge in [-0.15, -0.1) is 0 Å². The van der Waals surface area contributed by atoms with E-state index in [9.17, 15) is 22.7 Å². The summed E-state index contributed by atoms with van der Waals surface area (Å²) in [5.41, 5.74) is -0.450. The highest BCUT2D eigenvalue weighted by atomic mass is 32.2. The van der Waals surface area contributed by atoms with Crippen LogP contribution in [0.4, 0.5) is 9.18 Å². The number of amides is 1. The molecule has 1 aromatic carbocycles. The Morgan fingerprint density at radius 2 is 1.76 bits per heavy atom. The third kappa shape index (κ3) is 4.80. The molecule has 1 aliphatic rings. The zero-order valence-electron chi connectivity index (χ0n) is 20.3. The standard InChI is InChI=1S/C24H32FN3O5S/c1-22(2,3)24(15-25)20(33-23(4,5)28(24)21(29)30)17-9-7-16(8-10-17)18-11-12-19(26-13-18)14-27-34(6,31)32/h7-13,20,27H,14-15H2,1-6H3,(H,29,30)/t20-,24-/m1/s1. The molecule has 0 aliphatic carbocycles. The number of aromatic nitrogens is 1. The number of alkyl halides is 1. The van der Waals surface area contributed by atoms with Crippen molar-refractivity contribution in [2.24, 2.45) is 5.41 Å². The number of benzene rings is 1. The number of carbonyl (C=O) groups is 1. The average Bonchev–Trinajstić information content (AvgIpc) is 3.00. The van der Waals surface area contributed by atoms with Crippen LogP contribution in [0.2, 0.25) is 0 Å². The van der Waals surface area contributed by atoms with Gasteiger partial charge in [0.2, 0.25) is 10.0 Å². The molecule has 1 amide bonds. The van der Waals surface area contributed by atoms with Crippen LogP contribution in [0.3, 0.4) is 0 Å². The summed E-state index contributed by atoms with van der Waals surface area (Å²) in [6.07, 6.45) is 0.704. The zero-order chi connectivity index (χ0) is 25.5. The van der Waals surface area contributed by atoms with Crippen molar-refractivity contribution >= 4 is 16.1 Å². The Balaban J connectivity index is 1.93. The van der Waals surface area contributed by atoms with Gasteiger partial charge in [-0.1, -0.05) is 51.1 Å². The fourth-order valence-corrected chi connectivity index (χ4v) is 5.01. The van der Waals surface area contributed by atoms with Crippen molar-refractivity contribution < 1.29 is 27.4 Å². The van der Waals surface area contributed by atoms with E-state index in [-0.39, 0.29) is 6.54 Å². The Morgan fingerprint density at radius 3 is 2.21 bits per heavy atom. The van der Waals surface area contributed by atoms with Gasteiger partial charge in [0.05, 0.1) is 18.5 Å². The lowest BCUT2D eigenvalue weighted by Gasteiger charge is -2.48. The third-order valence-corrected chi connectivity index (χ3v) is 7.03. The third-order valence-electron chi connectivity index (χ3n) is 6.36. The van der Waals surface area contributed by atoms with E-state index in [4.69, 9.17) is 4.74 Å². The van der Waals surface area contributed by atoms with Crippen LogP contribution in [0.15, 0.2) is 42.6 Å². The monoisotopic (exact) mass is 493 g/mol. The quantitative estimate of drug-likeness (QED) is 0.620. The molecule has 2 heterocycles. The molecule has 0 unspecified atom stereocenters. The Bertz CT molecular complexity index is 1140. The zero-order valence-corrected chi connectivity index (χ0v) is 21.1. The van der Waals surface area contributed by atoms with Gasteiger partial charge in [-0.2, -0.15) is 0 Å². The van der Waals surface area contributed by atoms with E-state index in [2.05, 4.69) is 9.71 Å². The van der Waals surface area contributed by atoms with E-state index in [1.165, 1.54) is 0 Å². The van der Waals surface area contributed by atoms with E-state index in [1.54, 1.807) is 26.1 Å². The summed E-state index contributed by atoms with van der Waals surface area (Å²) in [5, 5.41) is 9.98. The van der Waals surface area contributed by atoms with Crippen molar-refractivity contribution in [2.75, 3.05) is 12.9 Å². The molecule has 10 heteroatoms. The summed E-state index contributed by atoms with van der Waals surface area (Å²) < 4.78 is 45.9. The molecule has 8 nitrogen and oxygen atoms in total. The molecule has 186 valence electrons. The van der Waals surface area contributed by atoms with Crippen LogP contribution in [-0.2, 0) is 21.3 Å². The number of halogens is 1. The second-order valence-corrected chi connectivity index (χ2v) is 12.0. The Hall–Kier alpha value is -2.56. The van der Waals surface area contributed by atoms with Gasteiger partial charge < -0.3 is 9.84 Å². The molecule has 1 fully saturated rings. The van der Waals surface area contributed by atoms with Crippen LogP contribution in [-0.4, -0.2) is 53.7 Å².